The van der Waals surface area contributed by atoms with E-state index in [9.17, 15) is 9.59 Å². The Morgan fingerprint density at radius 3 is 2.14 bits per heavy atom. The van der Waals surface area contributed by atoms with Crippen LogP contribution in [0.5, 0.6) is 0 Å². The third-order valence-electron chi connectivity index (χ3n) is 5.01. The van der Waals surface area contributed by atoms with Crippen molar-refractivity contribution >= 4 is 34.5 Å². The van der Waals surface area contributed by atoms with E-state index >= 15 is 0 Å². The first kappa shape index (κ1) is 19.9. The summed E-state index contributed by atoms with van der Waals surface area (Å²) in [6.45, 7) is 1.28. The fourth-order valence-electron chi connectivity index (χ4n) is 3.34. The van der Waals surface area contributed by atoms with Crippen molar-refractivity contribution in [2.45, 2.75) is 38.4 Å². The van der Waals surface area contributed by atoms with E-state index in [0.717, 1.165) is 28.2 Å². The van der Waals surface area contributed by atoms with Gasteiger partial charge >= 0.3 is 0 Å². The lowest BCUT2D eigenvalue weighted by molar-refractivity contribution is -0.141. The number of carbonyl (C=O) groups excluding carboxylic acids is 2. The topological polar surface area (TPSA) is 40.6 Å². The molecule has 1 aliphatic rings. The van der Waals surface area contributed by atoms with Crippen LogP contribution in [-0.2, 0) is 29.1 Å². The molecule has 4 nitrogen and oxygen atoms in total. The van der Waals surface area contributed by atoms with Crippen molar-refractivity contribution in [2.24, 2.45) is 0 Å². The number of nitrogens with zero attached hydrogens (tertiary/aromatic N) is 2. The Hall–Kier alpha value is -2.44. The van der Waals surface area contributed by atoms with Gasteiger partial charge in [0.1, 0.15) is 6.54 Å². The van der Waals surface area contributed by atoms with Crippen molar-refractivity contribution in [3.8, 4) is 0 Å². The molecule has 0 aliphatic heterocycles. The van der Waals surface area contributed by atoms with Crippen LogP contribution >= 0.6 is 22.7 Å². The van der Waals surface area contributed by atoms with Gasteiger partial charge in [-0.2, -0.15) is 0 Å². The molecule has 6 heteroatoms. The van der Waals surface area contributed by atoms with Crippen LogP contribution in [0.25, 0.3) is 0 Å². The lowest BCUT2D eigenvalue weighted by Crippen LogP contribution is -2.44. The molecule has 2 aromatic heterocycles. The van der Waals surface area contributed by atoms with Gasteiger partial charge in [0, 0.05) is 22.3 Å². The van der Waals surface area contributed by atoms with Crippen molar-refractivity contribution in [1.82, 2.24) is 9.80 Å². The standard InChI is InChI=1S/C23H24N2O2S2/c26-22(14-20-8-4-12-28-20)25(19-10-11-19)17-23(27)24(16-21-9-5-13-29-21)15-18-6-2-1-3-7-18/h1-9,12-13,19H,10-11,14-17H2. The zero-order chi connectivity index (χ0) is 20.1. The molecule has 0 saturated heterocycles. The Labute approximate surface area is 179 Å². The molecule has 1 aromatic carbocycles. The average Bonchev–Trinajstić information content (AvgIpc) is 3.19. The van der Waals surface area contributed by atoms with E-state index in [4.69, 9.17) is 0 Å². The van der Waals surface area contributed by atoms with Gasteiger partial charge < -0.3 is 9.80 Å². The summed E-state index contributed by atoms with van der Waals surface area (Å²) in [6, 6.07) is 18.2. The van der Waals surface area contributed by atoms with Gasteiger partial charge in [0.2, 0.25) is 11.8 Å². The zero-order valence-corrected chi connectivity index (χ0v) is 17.8. The van der Waals surface area contributed by atoms with Crippen molar-refractivity contribution in [2.75, 3.05) is 6.54 Å². The van der Waals surface area contributed by atoms with Gasteiger partial charge in [-0.1, -0.05) is 42.5 Å². The van der Waals surface area contributed by atoms with E-state index in [1.54, 1.807) is 27.6 Å². The van der Waals surface area contributed by atoms with E-state index in [0.29, 0.717) is 19.5 Å². The lowest BCUT2D eigenvalue weighted by atomic mass is 10.2. The van der Waals surface area contributed by atoms with Gasteiger partial charge in [0.25, 0.3) is 0 Å². The molecule has 0 spiro atoms. The third kappa shape index (κ3) is 5.55. The predicted octanol–water partition coefficient (Wildman–Crippen LogP) is 4.57. The smallest absolute Gasteiger partial charge is 0.242 e. The van der Waals surface area contributed by atoms with Crippen molar-refractivity contribution in [3.05, 3.63) is 80.7 Å². The maximum atomic E-state index is 13.3. The van der Waals surface area contributed by atoms with Crippen LogP contribution in [0, 0.1) is 0 Å². The van der Waals surface area contributed by atoms with Crippen LogP contribution in [0.2, 0.25) is 0 Å². The van der Waals surface area contributed by atoms with Gasteiger partial charge in [-0.15, -0.1) is 22.7 Å². The Kier molecular flexibility index (Phi) is 6.42. The van der Waals surface area contributed by atoms with Crippen LogP contribution in [-0.4, -0.2) is 34.2 Å². The Balaban J connectivity index is 1.46. The minimum atomic E-state index is 0.00804. The van der Waals surface area contributed by atoms with Gasteiger partial charge in [0.15, 0.2) is 0 Å². The molecular formula is C23H24N2O2S2. The summed E-state index contributed by atoms with van der Waals surface area (Å²) in [7, 11) is 0. The van der Waals surface area contributed by atoms with Gasteiger partial charge in [-0.05, 0) is 41.3 Å². The summed E-state index contributed by atoms with van der Waals surface area (Å²) in [5.41, 5.74) is 1.10. The van der Waals surface area contributed by atoms with E-state index in [1.165, 1.54) is 0 Å². The highest BCUT2D eigenvalue weighted by Crippen LogP contribution is 2.28. The summed E-state index contributed by atoms with van der Waals surface area (Å²) < 4.78 is 0. The number of rotatable bonds is 9. The molecule has 0 radical (unpaired) electrons. The summed E-state index contributed by atoms with van der Waals surface area (Å²) >= 11 is 3.24. The van der Waals surface area contributed by atoms with Crippen LogP contribution < -0.4 is 0 Å². The van der Waals surface area contributed by atoms with Crippen molar-refractivity contribution < 1.29 is 9.59 Å². The number of benzene rings is 1. The highest BCUT2D eigenvalue weighted by molar-refractivity contribution is 7.10. The summed E-state index contributed by atoms with van der Waals surface area (Å²) in [6.07, 6.45) is 2.37. The molecule has 3 aromatic rings. The second kappa shape index (κ2) is 9.37. The van der Waals surface area contributed by atoms with Gasteiger partial charge in [-0.25, -0.2) is 0 Å². The number of thiophene rings is 2. The van der Waals surface area contributed by atoms with Crippen LogP contribution in [0.3, 0.4) is 0 Å². The number of hydrogen-bond donors (Lipinski definition) is 0. The largest absolute Gasteiger partial charge is 0.332 e. The number of amides is 2. The SMILES string of the molecule is O=C(CN(C(=O)Cc1cccs1)C1CC1)N(Cc1ccccc1)Cc1cccs1. The number of hydrogen-bond acceptors (Lipinski definition) is 4. The van der Waals surface area contributed by atoms with Crippen LogP contribution in [0.4, 0.5) is 0 Å². The van der Waals surface area contributed by atoms with Crippen molar-refractivity contribution in [1.29, 1.82) is 0 Å². The molecule has 0 unspecified atom stereocenters. The molecule has 150 valence electrons. The first-order chi connectivity index (χ1) is 14.2. The van der Waals surface area contributed by atoms with E-state index in [2.05, 4.69) is 6.07 Å². The highest BCUT2D eigenvalue weighted by atomic mass is 32.1. The number of carbonyl (C=O) groups is 2. The molecular weight excluding hydrogens is 400 g/mol. The maximum Gasteiger partial charge on any atom is 0.242 e. The molecule has 1 fully saturated rings. The Morgan fingerprint density at radius 1 is 0.828 bits per heavy atom. The Bertz CT molecular complexity index is 919. The zero-order valence-electron chi connectivity index (χ0n) is 16.2. The first-order valence-electron chi connectivity index (χ1n) is 9.85. The van der Waals surface area contributed by atoms with Crippen molar-refractivity contribution in [3.63, 3.8) is 0 Å². The third-order valence-corrected chi connectivity index (χ3v) is 6.75. The maximum absolute atomic E-state index is 13.3. The van der Waals surface area contributed by atoms with E-state index in [-0.39, 0.29) is 24.4 Å². The highest BCUT2D eigenvalue weighted by Gasteiger charge is 2.34. The molecule has 1 saturated carbocycles. The second-order valence-corrected chi connectivity index (χ2v) is 9.39. The molecule has 1 aliphatic carbocycles. The fourth-order valence-corrected chi connectivity index (χ4v) is 4.76. The van der Waals surface area contributed by atoms with E-state index in [1.807, 2.05) is 64.2 Å². The minimum absolute atomic E-state index is 0.00804. The van der Waals surface area contributed by atoms with Gasteiger partial charge in [0.05, 0.1) is 13.0 Å². The molecule has 0 N–H and O–H groups in total. The molecule has 0 atom stereocenters. The summed E-state index contributed by atoms with van der Waals surface area (Å²) in [5, 5.41) is 4.01. The predicted molar refractivity (Wildman–Crippen MR) is 118 cm³/mol. The van der Waals surface area contributed by atoms with Crippen LogP contribution in [0.1, 0.15) is 28.2 Å². The average molecular weight is 425 g/mol. The molecule has 29 heavy (non-hydrogen) atoms. The Morgan fingerprint density at radius 2 is 1.52 bits per heavy atom. The molecule has 2 amide bonds. The first-order valence-corrected chi connectivity index (χ1v) is 11.6. The van der Waals surface area contributed by atoms with E-state index < -0.39 is 0 Å². The lowest BCUT2D eigenvalue weighted by Gasteiger charge is -2.27. The summed E-state index contributed by atoms with van der Waals surface area (Å²) in [4.78, 5) is 32.0. The fraction of sp³-hybridized carbons (Fsp3) is 0.304. The second-order valence-electron chi connectivity index (χ2n) is 7.32. The molecule has 2 heterocycles. The molecule has 4 rings (SSSR count). The summed E-state index contributed by atoms with van der Waals surface area (Å²) in [5.74, 6) is 0.0627. The monoisotopic (exact) mass is 424 g/mol. The van der Waals surface area contributed by atoms with Gasteiger partial charge in [-0.3, -0.25) is 9.59 Å². The minimum Gasteiger partial charge on any atom is -0.332 e. The quantitative estimate of drug-likeness (QED) is 0.505. The molecule has 0 bridgehead atoms. The normalized spacial score (nSPS) is 13.2. The van der Waals surface area contributed by atoms with Crippen LogP contribution in [0.15, 0.2) is 65.4 Å².